The maximum Gasteiger partial charge on any atom is 0.337 e. The molecule has 0 amide bonds. The van der Waals surface area contributed by atoms with E-state index in [-0.39, 0.29) is 21.9 Å². The summed E-state index contributed by atoms with van der Waals surface area (Å²) >= 11 is 0.967. The van der Waals surface area contributed by atoms with Gasteiger partial charge in [0, 0.05) is 17.0 Å². The van der Waals surface area contributed by atoms with Crippen molar-refractivity contribution in [3.63, 3.8) is 0 Å². The Kier molecular flexibility index (Phi) is 5.31. The van der Waals surface area contributed by atoms with Crippen molar-refractivity contribution in [2.24, 2.45) is 0 Å². The molecular weight excluding hydrogens is 298 g/mol. The number of carboxylic acid groups (broad SMARTS) is 1. The average molecular weight is 313 g/mol. The number of nitrogens with zero attached hydrogens (tertiary/aromatic N) is 1. The fraction of sp³-hybridized carbons (Fsp3) is 0.385. The highest BCUT2D eigenvalue weighted by Crippen LogP contribution is 2.27. The number of nitro groups is 1. The summed E-state index contributed by atoms with van der Waals surface area (Å²) in [5.74, 6) is -1.84. The van der Waals surface area contributed by atoms with E-state index in [0.29, 0.717) is 0 Å². The number of carboxylic acids is 1. The van der Waals surface area contributed by atoms with Gasteiger partial charge in [-0.15, -0.1) is 11.8 Å². The molecule has 0 aliphatic carbocycles. The SMILES string of the molecule is CC(C)(C)OC(=O)CSc1ccc([N+](=O)[O-])cc1C(=O)O. The van der Waals surface area contributed by atoms with Gasteiger partial charge in [-0.25, -0.2) is 4.79 Å². The summed E-state index contributed by atoms with van der Waals surface area (Å²) in [6, 6.07) is 3.49. The van der Waals surface area contributed by atoms with E-state index >= 15 is 0 Å². The van der Waals surface area contributed by atoms with Crippen LogP contribution in [-0.2, 0) is 9.53 Å². The molecule has 0 heterocycles. The van der Waals surface area contributed by atoms with Gasteiger partial charge in [0.05, 0.1) is 16.2 Å². The van der Waals surface area contributed by atoms with Crippen LogP contribution in [-0.4, -0.2) is 33.3 Å². The average Bonchev–Trinajstić information content (AvgIpc) is 2.33. The third-order valence-electron chi connectivity index (χ3n) is 2.17. The van der Waals surface area contributed by atoms with Gasteiger partial charge >= 0.3 is 11.9 Å². The largest absolute Gasteiger partial charge is 0.478 e. The molecule has 0 saturated heterocycles. The molecular formula is C13H15NO6S. The molecule has 114 valence electrons. The minimum atomic E-state index is -1.29. The van der Waals surface area contributed by atoms with Crippen molar-refractivity contribution in [3.05, 3.63) is 33.9 Å². The van der Waals surface area contributed by atoms with Crippen LogP contribution in [0.5, 0.6) is 0 Å². The van der Waals surface area contributed by atoms with Gasteiger partial charge in [-0.2, -0.15) is 0 Å². The number of ether oxygens (including phenoxy) is 1. The van der Waals surface area contributed by atoms with Crippen molar-refractivity contribution in [1.82, 2.24) is 0 Å². The molecule has 0 atom stereocenters. The molecule has 0 bridgehead atoms. The molecule has 0 aromatic heterocycles. The highest BCUT2D eigenvalue weighted by atomic mass is 32.2. The monoisotopic (exact) mass is 313 g/mol. The first kappa shape index (κ1) is 17.0. The molecule has 0 saturated carbocycles. The number of hydrogen-bond acceptors (Lipinski definition) is 6. The number of carbonyl (C=O) groups excluding carboxylic acids is 1. The van der Waals surface area contributed by atoms with Crippen LogP contribution in [0.25, 0.3) is 0 Å². The number of aromatic carboxylic acids is 1. The lowest BCUT2D eigenvalue weighted by atomic mass is 10.2. The fourth-order valence-corrected chi connectivity index (χ4v) is 2.23. The summed E-state index contributed by atoms with van der Waals surface area (Å²) in [5, 5.41) is 19.7. The Morgan fingerprint density at radius 1 is 1.38 bits per heavy atom. The second-order valence-electron chi connectivity index (χ2n) is 5.12. The lowest BCUT2D eigenvalue weighted by molar-refractivity contribution is -0.384. The second-order valence-corrected chi connectivity index (χ2v) is 6.14. The van der Waals surface area contributed by atoms with E-state index in [0.717, 1.165) is 17.8 Å². The minimum Gasteiger partial charge on any atom is -0.478 e. The van der Waals surface area contributed by atoms with Crippen LogP contribution in [0.2, 0.25) is 0 Å². The number of esters is 1. The number of hydrogen-bond donors (Lipinski definition) is 1. The van der Waals surface area contributed by atoms with Gasteiger partial charge in [-0.1, -0.05) is 0 Å². The standard InChI is InChI=1S/C13H15NO6S/c1-13(2,3)20-11(15)7-21-10-5-4-8(14(18)19)6-9(10)12(16)17/h4-6H,7H2,1-3H3,(H,16,17). The van der Waals surface area contributed by atoms with E-state index in [9.17, 15) is 19.7 Å². The molecule has 8 heteroatoms. The predicted molar refractivity (Wildman–Crippen MR) is 76.6 cm³/mol. The summed E-state index contributed by atoms with van der Waals surface area (Å²) in [7, 11) is 0. The Morgan fingerprint density at radius 2 is 2.00 bits per heavy atom. The number of thioether (sulfide) groups is 1. The van der Waals surface area contributed by atoms with Crippen molar-refractivity contribution in [3.8, 4) is 0 Å². The molecule has 0 unspecified atom stereocenters. The Hall–Kier alpha value is -2.09. The maximum absolute atomic E-state index is 11.6. The van der Waals surface area contributed by atoms with Crippen LogP contribution in [0.3, 0.4) is 0 Å². The van der Waals surface area contributed by atoms with Gasteiger partial charge in [0.1, 0.15) is 5.60 Å². The molecule has 0 spiro atoms. The van der Waals surface area contributed by atoms with Crippen LogP contribution >= 0.6 is 11.8 Å². The molecule has 0 fully saturated rings. The van der Waals surface area contributed by atoms with E-state index in [1.165, 1.54) is 12.1 Å². The maximum atomic E-state index is 11.6. The van der Waals surface area contributed by atoms with Crippen LogP contribution in [0.15, 0.2) is 23.1 Å². The fourth-order valence-electron chi connectivity index (χ4n) is 1.43. The Bertz CT molecular complexity index is 579. The van der Waals surface area contributed by atoms with Crippen molar-refractivity contribution in [2.45, 2.75) is 31.3 Å². The molecule has 21 heavy (non-hydrogen) atoms. The van der Waals surface area contributed by atoms with E-state index in [2.05, 4.69) is 0 Å². The topological polar surface area (TPSA) is 107 Å². The van der Waals surface area contributed by atoms with Crippen molar-refractivity contribution < 1.29 is 24.4 Å². The molecule has 1 aromatic carbocycles. The smallest absolute Gasteiger partial charge is 0.337 e. The lowest BCUT2D eigenvalue weighted by Crippen LogP contribution is -2.24. The van der Waals surface area contributed by atoms with Gasteiger partial charge in [-0.3, -0.25) is 14.9 Å². The number of rotatable bonds is 5. The summed E-state index contributed by atoms with van der Waals surface area (Å²) in [4.78, 5) is 33.0. The third-order valence-corrected chi connectivity index (χ3v) is 3.22. The van der Waals surface area contributed by atoms with Crippen molar-refractivity contribution in [1.29, 1.82) is 0 Å². The lowest BCUT2D eigenvalue weighted by Gasteiger charge is -2.19. The van der Waals surface area contributed by atoms with E-state index in [1.54, 1.807) is 20.8 Å². The zero-order chi connectivity index (χ0) is 16.2. The van der Waals surface area contributed by atoms with Gasteiger partial charge < -0.3 is 9.84 Å². The van der Waals surface area contributed by atoms with Gasteiger partial charge in [0.2, 0.25) is 0 Å². The van der Waals surface area contributed by atoms with Gasteiger partial charge in [-0.05, 0) is 26.8 Å². The second kappa shape index (κ2) is 6.57. The highest BCUT2D eigenvalue weighted by Gasteiger charge is 2.19. The van der Waals surface area contributed by atoms with E-state index in [1.807, 2.05) is 0 Å². The quantitative estimate of drug-likeness (QED) is 0.385. The predicted octanol–water partition coefficient (Wildman–Crippen LogP) is 2.73. The molecule has 1 rings (SSSR count). The highest BCUT2D eigenvalue weighted by molar-refractivity contribution is 8.00. The summed E-state index contributed by atoms with van der Waals surface area (Å²) in [6.45, 7) is 5.18. The number of nitro benzene ring substituents is 1. The first-order valence-corrected chi connectivity index (χ1v) is 6.95. The summed E-state index contributed by atoms with van der Waals surface area (Å²) in [5.41, 5.74) is -1.14. The Balaban J connectivity index is 2.86. The van der Waals surface area contributed by atoms with Crippen LogP contribution < -0.4 is 0 Å². The van der Waals surface area contributed by atoms with Crippen LogP contribution in [0.1, 0.15) is 31.1 Å². The molecule has 0 radical (unpaired) electrons. The van der Waals surface area contributed by atoms with Crippen molar-refractivity contribution in [2.75, 3.05) is 5.75 Å². The first-order chi connectivity index (χ1) is 9.60. The normalized spacial score (nSPS) is 11.0. The minimum absolute atomic E-state index is 0.0740. The molecule has 1 aromatic rings. The number of non-ortho nitro benzene ring substituents is 1. The molecule has 0 aliphatic heterocycles. The van der Waals surface area contributed by atoms with Crippen LogP contribution in [0, 0.1) is 10.1 Å². The Labute approximate surface area is 125 Å². The van der Waals surface area contributed by atoms with Crippen molar-refractivity contribution >= 4 is 29.4 Å². The number of benzene rings is 1. The molecule has 7 nitrogen and oxygen atoms in total. The third kappa shape index (κ3) is 5.42. The summed E-state index contributed by atoms with van der Waals surface area (Å²) < 4.78 is 5.11. The summed E-state index contributed by atoms with van der Waals surface area (Å²) in [6.07, 6.45) is 0. The van der Waals surface area contributed by atoms with Gasteiger partial charge in [0.15, 0.2) is 0 Å². The molecule has 0 aliphatic rings. The Morgan fingerprint density at radius 3 is 2.48 bits per heavy atom. The number of carbonyl (C=O) groups is 2. The zero-order valence-electron chi connectivity index (χ0n) is 11.8. The van der Waals surface area contributed by atoms with Gasteiger partial charge in [0.25, 0.3) is 5.69 Å². The van der Waals surface area contributed by atoms with Crippen LogP contribution in [0.4, 0.5) is 5.69 Å². The van der Waals surface area contributed by atoms with E-state index < -0.39 is 22.5 Å². The van der Waals surface area contributed by atoms with E-state index in [4.69, 9.17) is 9.84 Å². The first-order valence-electron chi connectivity index (χ1n) is 5.96. The zero-order valence-corrected chi connectivity index (χ0v) is 12.6. The molecule has 1 N–H and O–H groups in total.